The van der Waals surface area contributed by atoms with Crippen LogP contribution in [0.4, 0.5) is 0 Å². The summed E-state index contributed by atoms with van der Waals surface area (Å²) in [6, 6.07) is 14.2. The van der Waals surface area contributed by atoms with E-state index < -0.39 is 0 Å². The van der Waals surface area contributed by atoms with Crippen LogP contribution >= 0.6 is 0 Å². The maximum Gasteiger partial charge on any atom is 0.337 e. The van der Waals surface area contributed by atoms with E-state index >= 15 is 0 Å². The van der Waals surface area contributed by atoms with Crippen molar-refractivity contribution < 1.29 is 19.0 Å². The number of carbonyl (C=O) groups excluding carboxylic acids is 1. The first-order valence-electron chi connectivity index (χ1n) is 11.0. The SMILES string of the molecule is COC(=O)c1ccc(CN2CCOc3ccc(CN4C[C@@H](C)O[C@@H](C)C4)cc3C2)cc1. The minimum absolute atomic E-state index is 0.272. The predicted octanol–water partition coefficient (Wildman–Crippen LogP) is 3.48. The Balaban J connectivity index is 1.42. The highest BCUT2D eigenvalue weighted by atomic mass is 16.5. The van der Waals surface area contributed by atoms with Crippen molar-refractivity contribution in [2.45, 2.75) is 45.7 Å². The Morgan fingerprint density at radius 1 is 1.00 bits per heavy atom. The van der Waals surface area contributed by atoms with E-state index in [0.717, 1.165) is 45.0 Å². The molecule has 166 valence electrons. The van der Waals surface area contributed by atoms with Crippen LogP contribution in [0, 0.1) is 0 Å². The minimum atomic E-state index is -0.305. The number of methoxy groups -OCH3 is 1. The molecule has 2 aliphatic heterocycles. The van der Waals surface area contributed by atoms with Gasteiger partial charge < -0.3 is 14.2 Å². The highest BCUT2D eigenvalue weighted by Gasteiger charge is 2.23. The average Bonchev–Trinajstić information content (AvgIpc) is 2.94. The van der Waals surface area contributed by atoms with Crippen molar-refractivity contribution in [3.05, 3.63) is 64.7 Å². The Morgan fingerprint density at radius 3 is 2.39 bits per heavy atom. The number of rotatable bonds is 5. The van der Waals surface area contributed by atoms with Crippen LogP contribution in [0.5, 0.6) is 5.75 Å². The van der Waals surface area contributed by atoms with Crippen molar-refractivity contribution in [2.24, 2.45) is 0 Å². The minimum Gasteiger partial charge on any atom is -0.492 e. The molecule has 2 aromatic carbocycles. The molecule has 4 rings (SSSR count). The van der Waals surface area contributed by atoms with E-state index in [9.17, 15) is 4.79 Å². The zero-order valence-corrected chi connectivity index (χ0v) is 18.7. The summed E-state index contributed by atoms with van der Waals surface area (Å²) in [6.45, 7) is 10.3. The van der Waals surface area contributed by atoms with E-state index in [4.69, 9.17) is 14.2 Å². The fraction of sp³-hybridized carbons (Fsp3) is 0.480. The number of benzene rings is 2. The molecule has 6 heteroatoms. The molecule has 31 heavy (non-hydrogen) atoms. The number of carbonyl (C=O) groups is 1. The van der Waals surface area contributed by atoms with Gasteiger partial charge in [0.2, 0.25) is 0 Å². The molecule has 1 fully saturated rings. The lowest BCUT2D eigenvalue weighted by Crippen LogP contribution is -2.44. The molecular formula is C25H32N2O4. The van der Waals surface area contributed by atoms with E-state index in [-0.39, 0.29) is 18.2 Å². The third-order valence-corrected chi connectivity index (χ3v) is 5.87. The second-order valence-electron chi connectivity index (χ2n) is 8.64. The van der Waals surface area contributed by atoms with Gasteiger partial charge in [-0.05, 0) is 49.2 Å². The first-order valence-corrected chi connectivity index (χ1v) is 11.0. The molecule has 0 N–H and O–H groups in total. The molecule has 0 spiro atoms. The van der Waals surface area contributed by atoms with Gasteiger partial charge in [0.05, 0.1) is 24.9 Å². The monoisotopic (exact) mass is 424 g/mol. The van der Waals surface area contributed by atoms with Crippen molar-refractivity contribution in [2.75, 3.05) is 33.4 Å². The highest BCUT2D eigenvalue weighted by Crippen LogP contribution is 2.26. The van der Waals surface area contributed by atoms with Gasteiger partial charge in [-0.1, -0.05) is 18.2 Å². The molecule has 2 aliphatic rings. The van der Waals surface area contributed by atoms with Crippen molar-refractivity contribution >= 4 is 5.97 Å². The normalized spacial score (nSPS) is 22.3. The van der Waals surface area contributed by atoms with Gasteiger partial charge in [-0.2, -0.15) is 0 Å². The Morgan fingerprint density at radius 2 is 1.68 bits per heavy atom. The lowest BCUT2D eigenvalue weighted by atomic mass is 10.1. The van der Waals surface area contributed by atoms with Crippen molar-refractivity contribution in [1.82, 2.24) is 9.80 Å². The maximum absolute atomic E-state index is 11.6. The molecule has 0 bridgehead atoms. The molecule has 0 unspecified atom stereocenters. The fourth-order valence-corrected chi connectivity index (χ4v) is 4.53. The van der Waals surface area contributed by atoms with Crippen LogP contribution < -0.4 is 4.74 Å². The third kappa shape index (κ3) is 5.64. The summed E-state index contributed by atoms with van der Waals surface area (Å²) < 4.78 is 16.7. The van der Waals surface area contributed by atoms with Crippen LogP contribution in [0.2, 0.25) is 0 Å². The molecule has 2 atom stereocenters. The van der Waals surface area contributed by atoms with E-state index in [0.29, 0.717) is 12.2 Å². The lowest BCUT2D eigenvalue weighted by Gasteiger charge is -2.35. The topological polar surface area (TPSA) is 51.2 Å². The molecule has 0 amide bonds. The van der Waals surface area contributed by atoms with Crippen LogP contribution in [-0.4, -0.2) is 61.3 Å². The quantitative estimate of drug-likeness (QED) is 0.685. The summed E-state index contributed by atoms with van der Waals surface area (Å²) >= 11 is 0. The number of ether oxygens (including phenoxy) is 3. The summed E-state index contributed by atoms with van der Waals surface area (Å²) in [4.78, 5) is 16.5. The van der Waals surface area contributed by atoms with Crippen molar-refractivity contribution in [1.29, 1.82) is 0 Å². The number of hydrogen-bond acceptors (Lipinski definition) is 6. The predicted molar refractivity (Wildman–Crippen MR) is 119 cm³/mol. The van der Waals surface area contributed by atoms with Gasteiger partial charge in [-0.3, -0.25) is 9.80 Å². The maximum atomic E-state index is 11.6. The van der Waals surface area contributed by atoms with Gasteiger partial charge in [-0.15, -0.1) is 0 Å². The molecule has 0 aliphatic carbocycles. The first kappa shape index (κ1) is 21.8. The second-order valence-corrected chi connectivity index (χ2v) is 8.64. The average molecular weight is 425 g/mol. The Bertz CT molecular complexity index is 889. The molecule has 2 aromatic rings. The van der Waals surface area contributed by atoms with Gasteiger partial charge in [0.15, 0.2) is 0 Å². The van der Waals surface area contributed by atoms with E-state index in [2.05, 4.69) is 41.8 Å². The van der Waals surface area contributed by atoms with Crippen LogP contribution in [0.1, 0.15) is 40.9 Å². The largest absolute Gasteiger partial charge is 0.492 e. The molecule has 1 saturated heterocycles. The second kappa shape index (κ2) is 9.81. The Kier molecular flexibility index (Phi) is 6.90. The van der Waals surface area contributed by atoms with Gasteiger partial charge in [0.1, 0.15) is 12.4 Å². The number of esters is 1. The number of hydrogen-bond donors (Lipinski definition) is 0. The summed E-state index contributed by atoms with van der Waals surface area (Å²) in [5.41, 5.74) is 4.29. The number of morpholine rings is 1. The van der Waals surface area contributed by atoms with Crippen LogP contribution in [-0.2, 0) is 29.1 Å². The third-order valence-electron chi connectivity index (χ3n) is 5.87. The van der Waals surface area contributed by atoms with Gasteiger partial charge in [0, 0.05) is 44.8 Å². The molecule has 6 nitrogen and oxygen atoms in total. The van der Waals surface area contributed by atoms with Gasteiger partial charge in [-0.25, -0.2) is 4.79 Å². The number of fused-ring (bicyclic) bond motifs is 1. The molecule has 0 saturated carbocycles. The molecule has 0 aromatic heterocycles. The van der Waals surface area contributed by atoms with E-state index in [1.165, 1.54) is 23.8 Å². The summed E-state index contributed by atoms with van der Waals surface area (Å²) in [7, 11) is 1.40. The first-order chi connectivity index (χ1) is 15.0. The fourth-order valence-electron chi connectivity index (χ4n) is 4.53. The Labute approximate surface area is 184 Å². The summed E-state index contributed by atoms with van der Waals surface area (Å²) in [6.07, 6.45) is 0.544. The smallest absolute Gasteiger partial charge is 0.337 e. The Hall–Kier alpha value is -2.41. The zero-order chi connectivity index (χ0) is 21.8. The van der Waals surface area contributed by atoms with Crippen molar-refractivity contribution in [3.63, 3.8) is 0 Å². The molecule has 2 heterocycles. The van der Waals surface area contributed by atoms with Crippen LogP contribution in [0.25, 0.3) is 0 Å². The highest BCUT2D eigenvalue weighted by molar-refractivity contribution is 5.89. The van der Waals surface area contributed by atoms with Crippen LogP contribution in [0.3, 0.4) is 0 Å². The van der Waals surface area contributed by atoms with E-state index in [1.807, 2.05) is 24.3 Å². The van der Waals surface area contributed by atoms with Crippen molar-refractivity contribution in [3.8, 4) is 5.75 Å². The zero-order valence-electron chi connectivity index (χ0n) is 18.7. The standard InChI is InChI=1S/C25H32N2O4/c1-18-13-27(14-19(2)31-18)16-21-6-9-24-23(12-21)17-26(10-11-30-24)15-20-4-7-22(8-5-20)25(28)29-3/h4-9,12,18-19H,10-11,13-17H2,1-3H3/t18-,19+. The molecular weight excluding hydrogens is 392 g/mol. The van der Waals surface area contributed by atoms with Gasteiger partial charge >= 0.3 is 5.97 Å². The summed E-state index contributed by atoms with van der Waals surface area (Å²) in [5.74, 6) is 0.677. The van der Waals surface area contributed by atoms with Gasteiger partial charge in [0.25, 0.3) is 0 Å². The van der Waals surface area contributed by atoms with Crippen LogP contribution in [0.15, 0.2) is 42.5 Å². The number of nitrogens with zero attached hydrogens (tertiary/aromatic N) is 2. The molecule has 0 radical (unpaired) electrons. The summed E-state index contributed by atoms with van der Waals surface area (Å²) in [5, 5.41) is 0. The van der Waals surface area contributed by atoms with E-state index in [1.54, 1.807) is 0 Å². The lowest BCUT2D eigenvalue weighted by molar-refractivity contribution is -0.0705.